The Hall–Kier alpha value is -1.10. The Kier molecular flexibility index (Phi) is 5.63. The summed E-state index contributed by atoms with van der Waals surface area (Å²) in [5.41, 5.74) is 0. The Morgan fingerprint density at radius 3 is 2.89 bits per heavy atom. The second-order valence-corrected chi connectivity index (χ2v) is 5.62. The molecule has 0 saturated carbocycles. The van der Waals surface area contributed by atoms with E-state index >= 15 is 0 Å². The van der Waals surface area contributed by atoms with E-state index in [4.69, 9.17) is 4.42 Å². The van der Waals surface area contributed by atoms with E-state index in [-0.39, 0.29) is 0 Å². The van der Waals surface area contributed by atoms with Crippen LogP contribution in [0.5, 0.6) is 0 Å². The minimum atomic E-state index is 0.433. The van der Waals surface area contributed by atoms with Gasteiger partial charge in [0.1, 0.15) is 5.76 Å². The molecular formula is C15H22N2OS. The molecule has 2 rings (SSSR count). The zero-order chi connectivity index (χ0) is 13.5. The van der Waals surface area contributed by atoms with Gasteiger partial charge >= 0.3 is 0 Å². The Labute approximate surface area is 119 Å². The first kappa shape index (κ1) is 14.3. The molecule has 0 bridgehead atoms. The molecule has 0 aromatic carbocycles. The minimum absolute atomic E-state index is 0.433. The van der Waals surface area contributed by atoms with Gasteiger partial charge in [0.25, 0.3) is 0 Å². The summed E-state index contributed by atoms with van der Waals surface area (Å²) in [6, 6.07) is 8.70. The second kappa shape index (κ2) is 7.48. The van der Waals surface area contributed by atoms with E-state index in [1.165, 1.54) is 4.88 Å². The molecule has 3 nitrogen and oxygen atoms in total. The largest absolute Gasteiger partial charge is 0.468 e. The van der Waals surface area contributed by atoms with Crippen molar-refractivity contribution in [2.24, 2.45) is 0 Å². The highest BCUT2D eigenvalue weighted by molar-refractivity contribution is 7.10. The second-order valence-electron chi connectivity index (χ2n) is 4.64. The lowest BCUT2D eigenvalue weighted by Gasteiger charge is -2.20. The molecule has 104 valence electrons. The number of nitrogens with zero attached hydrogens (tertiary/aromatic N) is 1. The van der Waals surface area contributed by atoms with E-state index in [1.807, 2.05) is 23.5 Å². The number of furan rings is 1. The average Bonchev–Trinajstić information content (AvgIpc) is 3.10. The standard InChI is InChI=1S/C15H22N2OS/c1-3-17(12-14-6-4-10-18-14)9-8-16-13(2)15-7-5-11-19-15/h4-7,10-11,13,16H,3,8-9,12H2,1-2H3. The van der Waals surface area contributed by atoms with Gasteiger partial charge in [-0.25, -0.2) is 0 Å². The fraction of sp³-hybridized carbons (Fsp3) is 0.467. The van der Waals surface area contributed by atoms with E-state index in [0.717, 1.165) is 31.9 Å². The first-order valence-corrected chi connectivity index (χ1v) is 7.69. The number of hydrogen-bond donors (Lipinski definition) is 1. The van der Waals surface area contributed by atoms with E-state index in [9.17, 15) is 0 Å². The van der Waals surface area contributed by atoms with Crippen LogP contribution in [0.3, 0.4) is 0 Å². The maximum Gasteiger partial charge on any atom is 0.117 e. The fourth-order valence-corrected chi connectivity index (χ4v) is 2.81. The number of rotatable bonds is 8. The van der Waals surface area contributed by atoms with Crippen LogP contribution in [-0.2, 0) is 6.54 Å². The van der Waals surface area contributed by atoms with Crippen molar-refractivity contribution < 1.29 is 4.42 Å². The summed E-state index contributed by atoms with van der Waals surface area (Å²) >= 11 is 1.81. The summed E-state index contributed by atoms with van der Waals surface area (Å²) in [4.78, 5) is 3.78. The van der Waals surface area contributed by atoms with Gasteiger partial charge in [-0.1, -0.05) is 13.0 Å². The van der Waals surface area contributed by atoms with E-state index < -0.39 is 0 Å². The SMILES string of the molecule is CCN(CCNC(C)c1cccs1)Cc1ccco1. The van der Waals surface area contributed by atoms with Crippen molar-refractivity contribution in [1.82, 2.24) is 10.2 Å². The van der Waals surface area contributed by atoms with Crippen LogP contribution in [0.1, 0.15) is 30.5 Å². The van der Waals surface area contributed by atoms with E-state index in [1.54, 1.807) is 6.26 Å². The molecule has 0 radical (unpaired) electrons. The molecular weight excluding hydrogens is 256 g/mol. The highest BCUT2D eigenvalue weighted by Crippen LogP contribution is 2.17. The number of nitrogens with one attached hydrogen (secondary N) is 1. The lowest BCUT2D eigenvalue weighted by Crippen LogP contribution is -2.32. The molecule has 0 spiro atoms. The van der Waals surface area contributed by atoms with Gasteiger partial charge in [0.05, 0.1) is 12.8 Å². The molecule has 0 fully saturated rings. The highest BCUT2D eigenvalue weighted by Gasteiger charge is 2.08. The summed E-state index contributed by atoms with van der Waals surface area (Å²) in [5, 5.41) is 5.70. The molecule has 0 aliphatic carbocycles. The summed E-state index contributed by atoms with van der Waals surface area (Å²) in [6.45, 7) is 8.36. The third kappa shape index (κ3) is 4.49. The van der Waals surface area contributed by atoms with E-state index in [2.05, 4.69) is 41.6 Å². The summed E-state index contributed by atoms with van der Waals surface area (Å²) in [7, 11) is 0. The van der Waals surface area contributed by atoms with Crippen molar-refractivity contribution in [3.63, 3.8) is 0 Å². The molecule has 0 aliphatic heterocycles. The first-order chi connectivity index (χ1) is 9.29. The quantitative estimate of drug-likeness (QED) is 0.801. The average molecular weight is 278 g/mol. The summed E-state index contributed by atoms with van der Waals surface area (Å²) in [5.74, 6) is 1.04. The van der Waals surface area contributed by atoms with Crippen molar-refractivity contribution in [3.05, 3.63) is 46.5 Å². The molecule has 0 amide bonds. The van der Waals surface area contributed by atoms with Crippen molar-refractivity contribution in [3.8, 4) is 0 Å². The number of thiophene rings is 1. The Balaban J connectivity index is 1.71. The molecule has 2 aromatic heterocycles. The van der Waals surface area contributed by atoms with Crippen LogP contribution in [0.15, 0.2) is 40.3 Å². The molecule has 19 heavy (non-hydrogen) atoms. The van der Waals surface area contributed by atoms with Gasteiger partial charge in [0.2, 0.25) is 0 Å². The summed E-state index contributed by atoms with van der Waals surface area (Å²) in [6.07, 6.45) is 1.74. The van der Waals surface area contributed by atoms with Crippen LogP contribution in [0.2, 0.25) is 0 Å². The van der Waals surface area contributed by atoms with Gasteiger partial charge in [-0.2, -0.15) is 0 Å². The monoisotopic (exact) mass is 278 g/mol. The third-order valence-corrected chi connectivity index (χ3v) is 4.31. The molecule has 1 unspecified atom stereocenters. The molecule has 4 heteroatoms. The highest BCUT2D eigenvalue weighted by atomic mass is 32.1. The first-order valence-electron chi connectivity index (χ1n) is 6.81. The van der Waals surface area contributed by atoms with Crippen LogP contribution in [0.4, 0.5) is 0 Å². The molecule has 1 atom stereocenters. The third-order valence-electron chi connectivity index (χ3n) is 3.26. The van der Waals surface area contributed by atoms with Crippen LogP contribution in [0, 0.1) is 0 Å². The molecule has 2 aromatic rings. The molecule has 1 N–H and O–H groups in total. The Morgan fingerprint density at radius 1 is 1.37 bits per heavy atom. The Morgan fingerprint density at radius 2 is 2.26 bits per heavy atom. The number of likely N-dealkylation sites (N-methyl/N-ethyl adjacent to an activating group) is 1. The van der Waals surface area contributed by atoms with Crippen molar-refractivity contribution in [1.29, 1.82) is 0 Å². The molecule has 0 saturated heterocycles. The maximum absolute atomic E-state index is 5.39. The van der Waals surface area contributed by atoms with Gasteiger partial charge in [-0.05, 0) is 37.0 Å². The van der Waals surface area contributed by atoms with Crippen LogP contribution >= 0.6 is 11.3 Å². The predicted molar refractivity (Wildman–Crippen MR) is 80.4 cm³/mol. The van der Waals surface area contributed by atoms with Gasteiger partial charge in [0.15, 0.2) is 0 Å². The van der Waals surface area contributed by atoms with Crippen molar-refractivity contribution >= 4 is 11.3 Å². The normalized spacial score (nSPS) is 13.0. The van der Waals surface area contributed by atoms with Crippen molar-refractivity contribution in [2.45, 2.75) is 26.4 Å². The van der Waals surface area contributed by atoms with Gasteiger partial charge in [-0.3, -0.25) is 4.90 Å². The predicted octanol–water partition coefficient (Wildman–Crippen LogP) is 3.51. The molecule has 0 aliphatic rings. The molecule has 2 heterocycles. The number of hydrogen-bond acceptors (Lipinski definition) is 4. The zero-order valence-electron chi connectivity index (χ0n) is 11.6. The van der Waals surface area contributed by atoms with Gasteiger partial charge < -0.3 is 9.73 Å². The lowest BCUT2D eigenvalue weighted by molar-refractivity contribution is 0.253. The van der Waals surface area contributed by atoms with Crippen molar-refractivity contribution in [2.75, 3.05) is 19.6 Å². The smallest absolute Gasteiger partial charge is 0.117 e. The zero-order valence-corrected chi connectivity index (χ0v) is 12.5. The van der Waals surface area contributed by atoms with Gasteiger partial charge in [0, 0.05) is 24.0 Å². The van der Waals surface area contributed by atoms with Gasteiger partial charge in [-0.15, -0.1) is 11.3 Å². The maximum atomic E-state index is 5.39. The summed E-state index contributed by atoms with van der Waals surface area (Å²) < 4.78 is 5.39. The fourth-order valence-electron chi connectivity index (χ4n) is 2.05. The lowest BCUT2D eigenvalue weighted by atomic mass is 10.3. The van der Waals surface area contributed by atoms with Crippen LogP contribution in [0.25, 0.3) is 0 Å². The van der Waals surface area contributed by atoms with E-state index in [0.29, 0.717) is 6.04 Å². The minimum Gasteiger partial charge on any atom is -0.468 e. The topological polar surface area (TPSA) is 28.4 Å². The Bertz CT molecular complexity index is 439. The van der Waals surface area contributed by atoms with Crippen LogP contribution < -0.4 is 5.32 Å². The van der Waals surface area contributed by atoms with Crippen LogP contribution in [-0.4, -0.2) is 24.5 Å².